The van der Waals surface area contributed by atoms with E-state index >= 15 is 0 Å². The lowest BCUT2D eigenvalue weighted by Gasteiger charge is -2.17. The molecule has 2 rings (SSSR count). The van der Waals surface area contributed by atoms with Crippen LogP contribution in [0.15, 0.2) is 29.2 Å². The SMILES string of the molecule is CC(Sc1ccccc1Cl)C(=O)NCC1CNCC1O. The first-order chi connectivity index (χ1) is 9.58. The van der Waals surface area contributed by atoms with Crippen LogP contribution < -0.4 is 10.6 Å². The third-order valence-corrected chi connectivity index (χ3v) is 4.97. The van der Waals surface area contributed by atoms with Crippen molar-refractivity contribution >= 4 is 29.3 Å². The van der Waals surface area contributed by atoms with Gasteiger partial charge < -0.3 is 15.7 Å². The van der Waals surface area contributed by atoms with Crippen molar-refractivity contribution in [3.8, 4) is 0 Å². The van der Waals surface area contributed by atoms with E-state index in [-0.39, 0.29) is 23.2 Å². The smallest absolute Gasteiger partial charge is 0.233 e. The Hall–Kier alpha value is -0.750. The second-order valence-electron chi connectivity index (χ2n) is 4.92. The van der Waals surface area contributed by atoms with Gasteiger partial charge in [0.2, 0.25) is 5.91 Å². The van der Waals surface area contributed by atoms with Gasteiger partial charge >= 0.3 is 0 Å². The summed E-state index contributed by atoms with van der Waals surface area (Å²) in [5, 5.41) is 16.1. The molecule has 0 aliphatic carbocycles. The van der Waals surface area contributed by atoms with Crippen LogP contribution >= 0.6 is 23.4 Å². The summed E-state index contributed by atoms with van der Waals surface area (Å²) >= 11 is 7.52. The molecule has 0 spiro atoms. The fraction of sp³-hybridized carbons (Fsp3) is 0.500. The molecule has 1 aromatic carbocycles. The number of carbonyl (C=O) groups excluding carboxylic acids is 1. The number of aliphatic hydroxyl groups is 1. The molecular formula is C14H19ClN2O2S. The highest BCUT2D eigenvalue weighted by Gasteiger charge is 2.26. The first-order valence-corrected chi connectivity index (χ1v) is 7.91. The number of hydrogen-bond acceptors (Lipinski definition) is 4. The van der Waals surface area contributed by atoms with E-state index in [0.29, 0.717) is 18.1 Å². The quantitative estimate of drug-likeness (QED) is 0.721. The summed E-state index contributed by atoms with van der Waals surface area (Å²) in [5.41, 5.74) is 0. The molecule has 3 N–H and O–H groups in total. The van der Waals surface area contributed by atoms with Crippen LogP contribution in [0, 0.1) is 5.92 Å². The van der Waals surface area contributed by atoms with Crippen LogP contribution in [-0.2, 0) is 4.79 Å². The van der Waals surface area contributed by atoms with Crippen molar-refractivity contribution < 1.29 is 9.90 Å². The first-order valence-electron chi connectivity index (χ1n) is 6.65. The maximum absolute atomic E-state index is 12.0. The average Bonchev–Trinajstić information content (AvgIpc) is 2.84. The molecule has 1 aliphatic heterocycles. The summed E-state index contributed by atoms with van der Waals surface area (Å²) in [6, 6.07) is 7.49. The Balaban J connectivity index is 1.81. The van der Waals surface area contributed by atoms with Gasteiger partial charge in [0.15, 0.2) is 0 Å². The molecule has 1 amide bonds. The predicted molar refractivity (Wildman–Crippen MR) is 82.1 cm³/mol. The number of β-amino-alcohol motifs (C(OH)–C–C–N with tert-alkyl or cyclic N) is 1. The second kappa shape index (κ2) is 7.31. The van der Waals surface area contributed by atoms with Crippen LogP contribution in [-0.4, -0.2) is 42.0 Å². The van der Waals surface area contributed by atoms with Gasteiger partial charge in [-0.25, -0.2) is 0 Å². The van der Waals surface area contributed by atoms with Crippen molar-refractivity contribution in [2.75, 3.05) is 19.6 Å². The molecular weight excluding hydrogens is 296 g/mol. The molecule has 20 heavy (non-hydrogen) atoms. The number of amides is 1. The third kappa shape index (κ3) is 4.12. The van der Waals surface area contributed by atoms with E-state index in [2.05, 4.69) is 10.6 Å². The number of hydrogen-bond donors (Lipinski definition) is 3. The van der Waals surface area contributed by atoms with Crippen molar-refractivity contribution in [3.05, 3.63) is 29.3 Å². The van der Waals surface area contributed by atoms with Crippen molar-refractivity contribution in [2.24, 2.45) is 5.92 Å². The highest BCUT2D eigenvalue weighted by Crippen LogP contribution is 2.29. The monoisotopic (exact) mass is 314 g/mol. The standard InChI is InChI=1S/C14H19ClN2O2S/c1-9(20-13-5-3-2-4-11(13)15)14(19)17-7-10-6-16-8-12(10)18/h2-5,9-10,12,16,18H,6-8H2,1H3,(H,17,19). The zero-order valence-electron chi connectivity index (χ0n) is 11.3. The van der Waals surface area contributed by atoms with Crippen LogP contribution in [0.2, 0.25) is 5.02 Å². The lowest BCUT2D eigenvalue weighted by molar-refractivity contribution is -0.120. The minimum atomic E-state index is -0.373. The number of rotatable bonds is 5. The summed E-state index contributed by atoms with van der Waals surface area (Å²) in [5.74, 6) is 0.0606. The van der Waals surface area contributed by atoms with Gasteiger partial charge in [0, 0.05) is 30.4 Å². The van der Waals surface area contributed by atoms with E-state index in [1.165, 1.54) is 11.8 Å². The maximum Gasteiger partial charge on any atom is 0.233 e. The van der Waals surface area contributed by atoms with E-state index in [1.54, 1.807) is 0 Å². The third-order valence-electron chi connectivity index (χ3n) is 3.35. The zero-order chi connectivity index (χ0) is 14.5. The number of nitrogens with one attached hydrogen (secondary N) is 2. The molecule has 3 unspecified atom stereocenters. The van der Waals surface area contributed by atoms with E-state index in [0.717, 1.165) is 11.4 Å². The number of thioether (sulfide) groups is 1. The highest BCUT2D eigenvalue weighted by atomic mass is 35.5. The average molecular weight is 315 g/mol. The largest absolute Gasteiger partial charge is 0.391 e. The Morgan fingerprint density at radius 1 is 1.55 bits per heavy atom. The Morgan fingerprint density at radius 3 is 2.95 bits per heavy atom. The zero-order valence-corrected chi connectivity index (χ0v) is 12.9. The van der Waals surface area contributed by atoms with E-state index in [4.69, 9.17) is 11.6 Å². The molecule has 6 heteroatoms. The summed E-state index contributed by atoms with van der Waals surface area (Å²) in [7, 11) is 0. The molecule has 0 aromatic heterocycles. The van der Waals surface area contributed by atoms with E-state index in [1.807, 2.05) is 31.2 Å². The van der Waals surface area contributed by atoms with Crippen LogP contribution in [0.4, 0.5) is 0 Å². The van der Waals surface area contributed by atoms with Crippen LogP contribution in [0.1, 0.15) is 6.92 Å². The Labute approximate surface area is 128 Å². The minimum absolute atomic E-state index is 0.0333. The molecule has 1 heterocycles. The number of benzene rings is 1. The summed E-state index contributed by atoms with van der Waals surface area (Å²) in [6.45, 7) is 3.70. The molecule has 1 aromatic rings. The predicted octanol–water partition coefficient (Wildman–Crippen LogP) is 1.52. The maximum atomic E-state index is 12.0. The van der Waals surface area contributed by atoms with Gasteiger partial charge in [-0.2, -0.15) is 0 Å². The molecule has 4 nitrogen and oxygen atoms in total. The molecule has 3 atom stereocenters. The molecule has 0 radical (unpaired) electrons. The number of aliphatic hydroxyl groups excluding tert-OH is 1. The Morgan fingerprint density at radius 2 is 2.30 bits per heavy atom. The normalized spacial score (nSPS) is 23.6. The van der Waals surface area contributed by atoms with Gasteiger partial charge in [-0.05, 0) is 19.1 Å². The van der Waals surface area contributed by atoms with Gasteiger partial charge in [-0.1, -0.05) is 23.7 Å². The van der Waals surface area contributed by atoms with E-state index < -0.39 is 0 Å². The summed E-state index contributed by atoms with van der Waals surface area (Å²) < 4.78 is 0. The van der Waals surface area contributed by atoms with Gasteiger partial charge in [0.25, 0.3) is 0 Å². The molecule has 0 bridgehead atoms. The topological polar surface area (TPSA) is 61.4 Å². The molecule has 1 saturated heterocycles. The van der Waals surface area contributed by atoms with Crippen molar-refractivity contribution in [3.63, 3.8) is 0 Å². The Kier molecular flexibility index (Phi) is 5.72. The summed E-state index contributed by atoms with van der Waals surface area (Å²) in [6.07, 6.45) is -0.373. The highest BCUT2D eigenvalue weighted by molar-refractivity contribution is 8.00. The van der Waals surface area contributed by atoms with Gasteiger partial charge in [-0.15, -0.1) is 11.8 Å². The molecule has 1 aliphatic rings. The summed E-state index contributed by atoms with van der Waals surface area (Å²) in [4.78, 5) is 12.9. The van der Waals surface area contributed by atoms with E-state index in [9.17, 15) is 9.90 Å². The van der Waals surface area contributed by atoms with Gasteiger partial charge in [0.1, 0.15) is 0 Å². The Bertz CT molecular complexity index is 472. The van der Waals surface area contributed by atoms with Crippen molar-refractivity contribution in [1.29, 1.82) is 0 Å². The molecule has 0 saturated carbocycles. The van der Waals surface area contributed by atoms with Crippen molar-refractivity contribution in [2.45, 2.75) is 23.2 Å². The lowest BCUT2D eigenvalue weighted by Crippen LogP contribution is -2.38. The van der Waals surface area contributed by atoms with Crippen LogP contribution in [0.3, 0.4) is 0 Å². The second-order valence-corrected chi connectivity index (χ2v) is 6.71. The van der Waals surface area contributed by atoms with Crippen LogP contribution in [0.5, 0.6) is 0 Å². The van der Waals surface area contributed by atoms with Gasteiger partial charge in [-0.3, -0.25) is 4.79 Å². The van der Waals surface area contributed by atoms with Crippen molar-refractivity contribution in [1.82, 2.24) is 10.6 Å². The van der Waals surface area contributed by atoms with Crippen LogP contribution in [0.25, 0.3) is 0 Å². The molecule has 1 fully saturated rings. The number of carbonyl (C=O) groups is 1. The van der Waals surface area contributed by atoms with Gasteiger partial charge in [0.05, 0.1) is 16.4 Å². The fourth-order valence-electron chi connectivity index (χ4n) is 2.09. The first kappa shape index (κ1) is 15.6. The lowest BCUT2D eigenvalue weighted by atomic mass is 10.1. The number of halogens is 1. The fourth-order valence-corrected chi connectivity index (χ4v) is 3.27. The minimum Gasteiger partial charge on any atom is -0.391 e. The molecule has 110 valence electrons.